The Balaban J connectivity index is 2.16. The van der Waals surface area contributed by atoms with Crippen LogP contribution in [0.1, 0.15) is 39.2 Å². The number of aromatic amines is 1. The van der Waals surface area contributed by atoms with Crippen molar-refractivity contribution in [2.75, 3.05) is 6.16 Å². The minimum atomic E-state index is -3.68. The normalized spacial score (nSPS) is 15.8. The topological polar surface area (TPSA) is 132 Å². The molecule has 1 aromatic heterocycles. The molecule has 8 nitrogen and oxygen atoms in total. The largest absolute Gasteiger partial charge is 0.480 e. The molecule has 0 spiro atoms. The standard InChI is InChI=1S/C20H30N3O5P/c1-4-9-29(27,28)23-17(10-13(2)3)19(24)22-18(20(25)26)11-14-12-21-16-8-6-5-7-15(14)16/h5-8,12-13,17-18,21H,4,9-11H2,1-3H3,(H,22,24)(H,25,26)(H2,23,27,28)/t17-,18-/m0/s1. The first-order valence-electron chi connectivity index (χ1n) is 9.80. The van der Waals surface area contributed by atoms with Crippen molar-refractivity contribution in [3.63, 3.8) is 0 Å². The number of H-pyrrole nitrogens is 1. The number of amides is 1. The third-order valence-electron chi connectivity index (χ3n) is 4.62. The van der Waals surface area contributed by atoms with Gasteiger partial charge < -0.3 is 20.3 Å². The molecule has 5 N–H and O–H groups in total. The summed E-state index contributed by atoms with van der Waals surface area (Å²) in [5, 5.41) is 15.6. The number of benzene rings is 1. The van der Waals surface area contributed by atoms with E-state index in [1.165, 1.54) is 0 Å². The lowest BCUT2D eigenvalue weighted by Crippen LogP contribution is -2.50. The predicted molar refractivity (Wildman–Crippen MR) is 113 cm³/mol. The first-order valence-corrected chi connectivity index (χ1v) is 11.6. The van der Waals surface area contributed by atoms with Crippen molar-refractivity contribution < 1.29 is 24.2 Å². The van der Waals surface area contributed by atoms with Gasteiger partial charge in [0.1, 0.15) is 6.04 Å². The molecule has 0 bridgehead atoms. The van der Waals surface area contributed by atoms with Gasteiger partial charge in [-0.1, -0.05) is 39.0 Å². The van der Waals surface area contributed by atoms with Gasteiger partial charge in [0, 0.05) is 29.7 Å². The molecule has 0 aliphatic heterocycles. The molecule has 1 aromatic carbocycles. The van der Waals surface area contributed by atoms with Crippen LogP contribution in [0.2, 0.25) is 0 Å². The Morgan fingerprint density at radius 3 is 2.52 bits per heavy atom. The van der Waals surface area contributed by atoms with Crippen molar-refractivity contribution in [1.82, 2.24) is 15.4 Å². The molecule has 0 fully saturated rings. The lowest BCUT2D eigenvalue weighted by molar-refractivity contribution is -0.142. The van der Waals surface area contributed by atoms with Crippen LogP contribution in [0.5, 0.6) is 0 Å². The fourth-order valence-electron chi connectivity index (χ4n) is 3.29. The summed E-state index contributed by atoms with van der Waals surface area (Å²) in [6, 6.07) is 5.43. The van der Waals surface area contributed by atoms with E-state index in [0.717, 1.165) is 16.5 Å². The number of carbonyl (C=O) groups is 2. The summed E-state index contributed by atoms with van der Waals surface area (Å²) in [6.45, 7) is 5.57. The van der Waals surface area contributed by atoms with Gasteiger partial charge in [-0.15, -0.1) is 0 Å². The van der Waals surface area contributed by atoms with Crippen LogP contribution in [0.25, 0.3) is 10.9 Å². The second-order valence-corrected chi connectivity index (χ2v) is 9.81. The third-order valence-corrected chi connectivity index (χ3v) is 6.39. The molecule has 160 valence electrons. The highest BCUT2D eigenvalue weighted by Gasteiger charge is 2.31. The molecule has 1 unspecified atom stereocenters. The minimum absolute atomic E-state index is 0.0482. The van der Waals surface area contributed by atoms with E-state index < -0.39 is 31.5 Å². The smallest absolute Gasteiger partial charge is 0.326 e. The van der Waals surface area contributed by atoms with Crippen LogP contribution < -0.4 is 10.4 Å². The zero-order chi connectivity index (χ0) is 21.6. The maximum absolute atomic E-state index is 12.8. The lowest BCUT2D eigenvalue weighted by atomic mass is 10.0. The molecule has 29 heavy (non-hydrogen) atoms. The van der Waals surface area contributed by atoms with E-state index >= 15 is 0 Å². The van der Waals surface area contributed by atoms with E-state index in [1.54, 1.807) is 13.1 Å². The zero-order valence-electron chi connectivity index (χ0n) is 17.0. The molecule has 1 amide bonds. The number of nitrogens with one attached hydrogen (secondary N) is 3. The van der Waals surface area contributed by atoms with Crippen molar-refractivity contribution >= 4 is 30.3 Å². The van der Waals surface area contributed by atoms with Gasteiger partial charge in [0.15, 0.2) is 0 Å². The second-order valence-electron chi connectivity index (χ2n) is 7.70. The monoisotopic (exact) mass is 423 g/mol. The van der Waals surface area contributed by atoms with E-state index in [2.05, 4.69) is 15.4 Å². The summed E-state index contributed by atoms with van der Waals surface area (Å²) in [7, 11) is -3.68. The van der Waals surface area contributed by atoms with Crippen LogP contribution in [-0.4, -0.2) is 45.1 Å². The van der Waals surface area contributed by atoms with Gasteiger partial charge in [0.05, 0.1) is 6.04 Å². The van der Waals surface area contributed by atoms with E-state index in [9.17, 15) is 24.2 Å². The summed E-state index contributed by atoms with van der Waals surface area (Å²) in [6.07, 6.45) is 2.70. The molecule has 2 rings (SSSR count). The SMILES string of the molecule is CCCP(=O)(O)N[C@@H](CC(C)C)C(=O)N[C@@H](Cc1c[nH]c2ccccc12)C(=O)O. The Bertz CT molecular complexity index is 895. The van der Waals surface area contributed by atoms with E-state index in [1.807, 2.05) is 38.1 Å². The molecule has 0 saturated carbocycles. The molecular formula is C20H30N3O5P. The summed E-state index contributed by atoms with van der Waals surface area (Å²) >= 11 is 0. The average molecular weight is 423 g/mol. The number of carbonyl (C=O) groups excluding carboxylic acids is 1. The first-order chi connectivity index (χ1) is 13.6. The van der Waals surface area contributed by atoms with Crippen LogP contribution in [0, 0.1) is 5.92 Å². The Morgan fingerprint density at radius 2 is 1.90 bits per heavy atom. The van der Waals surface area contributed by atoms with Crippen LogP contribution in [0.3, 0.4) is 0 Å². The number of fused-ring (bicyclic) bond motifs is 1. The van der Waals surface area contributed by atoms with E-state index in [0.29, 0.717) is 12.8 Å². The Labute approximate surface area is 170 Å². The Kier molecular flexibility index (Phi) is 8.02. The van der Waals surface area contributed by atoms with Crippen molar-refractivity contribution in [3.05, 3.63) is 36.0 Å². The van der Waals surface area contributed by atoms with Crippen LogP contribution in [-0.2, 0) is 20.6 Å². The van der Waals surface area contributed by atoms with Crippen molar-refractivity contribution in [2.24, 2.45) is 5.92 Å². The second kappa shape index (κ2) is 10.1. The first kappa shape index (κ1) is 23.1. The highest BCUT2D eigenvalue weighted by atomic mass is 31.2. The highest BCUT2D eigenvalue weighted by molar-refractivity contribution is 7.55. The molecule has 0 radical (unpaired) electrons. The van der Waals surface area contributed by atoms with E-state index in [-0.39, 0.29) is 18.5 Å². The minimum Gasteiger partial charge on any atom is -0.480 e. The number of para-hydroxylation sites is 1. The number of aromatic nitrogens is 1. The zero-order valence-corrected chi connectivity index (χ0v) is 17.9. The van der Waals surface area contributed by atoms with Crippen molar-refractivity contribution in [1.29, 1.82) is 0 Å². The fraction of sp³-hybridized carbons (Fsp3) is 0.500. The number of carboxylic acid groups (broad SMARTS) is 1. The third kappa shape index (κ3) is 6.70. The molecule has 9 heteroatoms. The van der Waals surface area contributed by atoms with Crippen molar-refractivity contribution in [2.45, 2.75) is 52.1 Å². The van der Waals surface area contributed by atoms with Gasteiger partial charge >= 0.3 is 5.97 Å². The molecule has 0 saturated heterocycles. The number of carboxylic acids is 1. The lowest BCUT2D eigenvalue weighted by Gasteiger charge is -2.25. The molecule has 2 aromatic rings. The van der Waals surface area contributed by atoms with Gasteiger partial charge in [-0.25, -0.2) is 9.88 Å². The summed E-state index contributed by atoms with van der Waals surface area (Å²) in [5.74, 6) is -1.67. The summed E-state index contributed by atoms with van der Waals surface area (Å²) < 4.78 is 12.3. The maximum atomic E-state index is 12.8. The molecule has 1 heterocycles. The molecular weight excluding hydrogens is 393 g/mol. The van der Waals surface area contributed by atoms with Gasteiger partial charge in [-0.2, -0.15) is 0 Å². The Hall–Kier alpha value is -2.15. The predicted octanol–water partition coefficient (Wildman–Crippen LogP) is 2.88. The number of hydrogen-bond acceptors (Lipinski definition) is 3. The highest BCUT2D eigenvalue weighted by Crippen LogP contribution is 2.37. The van der Waals surface area contributed by atoms with Gasteiger partial charge in [-0.3, -0.25) is 9.36 Å². The number of hydrogen-bond donors (Lipinski definition) is 5. The van der Waals surface area contributed by atoms with E-state index in [4.69, 9.17) is 0 Å². The molecule has 3 atom stereocenters. The molecule has 0 aliphatic rings. The van der Waals surface area contributed by atoms with Gasteiger partial charge in [0.25, 0.3) is 7.52 Å². The maximum Gasteiger partial charge on any atom is 0.326 e. The summed E-state index contributed by atoms with van der Waals surface area (Å²) in [4.78, 5) is 37.7. The molecule has 0 aliphatic carbocycles. The van der Waals surface area contributed by atoms with Crippen LogP contribution in [0.15, 0.2) is 30.5 Å². The Morgan fingerprint density at radius 1 is 1.21 bits per heavy atom. The number of aliphatic carboxylic acids is 1. The van der Waals surface area contributed by atoms with Crippen molar-refractivity contribution in [3.8, 4) is 0 Å². The van der Waals surface area contributed by atoms with Gasteiger partial charge in [0.2, 0.25) is 5.91 Å². The van der Waals surface area contributed by atoms with Crippen LogP contribution >= 0.6 is 7.52 Å². The van der Waals surface area contributed by atoms with Crippen LogP contribution in [0.4, 0.5) is 0 Å². The fourth-order valence-corrected chi connectivity index (χ4v) is 4.74. The summed E-state index contributed by atoms with van der Waals surface area (Å²) in [5.41, 5.74) is 1.67. The van der Waals surface area contributed by atoms with Gasteiger partial charge in [-0.05, 0) is 30.4 Å². The quantitative estimate of drug-likeness (QED) is 0.353. The average Bonchev–Trinajstić information content (AvgIpc) is 3.03. The number of rotatable bonds is 11.